The van der Waals surface area contributed by atoms with E-state index in [4.69, 9.17) is 33.7 Å². The van der Waals surface area contributed by atoms with Crippen LogP contribution in [-0.2, 0) is 4.79 Å². The lowest BCUT2D eigenvalue weighted by molar-refractivity contribution is -0.138. The Morgan fingerprint density at radius 2 is 2.38 bits per heavy atom. The van der Waals surface area contributed by atoms with Crippen molar-refractivity contribution in [1.82, 2.24) is 0 Å². The minimum absolute atomic E-state index is 0.274. The van der Waals surface area contributed by atoms with Crippen molar-refractivity contribution in [3.05, 3.63) is 28.7 Å². The number of Topliss-reactive ketones (excluding diaryl/α,β-unsaturated/α-hetero) is 1. The van der Waals surface area contributed by atoms with Gasteiger partial charge in [0, 0.05) is 24.0 Å². The molecular weight excluding hydrogens is 232 g/mol. The number of aliphatic carboxylic acids is 1. The van der Waals surface area contributed by atoms with Crippen molar-refractivity contribution in [2.75, 3.05) is 5.73 Å². The Morgan fingerprint density at radius 1 is 1.75 bits per heavy atom. The topological polar surface area (TPSA) is 106 Å². The van der Waals surface area contributed by atoms with Gasteiger partial charge >= 0.3 is 5.97 Å². The van der Waals surface area contributed by atoms with E-state index in [0.717, 1.165) is 6.07 Å². The highest BCUT2D eigenvalue weighted by Gasteiger charge is 2.18. The molecule has 16 heavy (non-hydrogen) atoms. The number of nitrogen functional groups attached to an aromatic ring is 1. The molecule has 1 rings (SSSR count). The first-order valence-electron chi connectivity index (χ1n) is 6.13. The monoisotopic (exact) mass is 246 g/mol. The first kappa shape index (κ1) is 7.65. The van der Waals surface area contributed by atoms with Gasteiger partial charge in [-0.25, -0.2) is 0 Å². The maximum atomic E-state index is 12.0. The zero-order chi connectivity index (χ0) is 15.8. The summed E-state index contributed by atoms with van der Waals surface area (Å²) in [5.41, 5.74) is 9.78. The predicted molar refractivity (Wildman–Crippen MR) is 60.4 cm³/mol. The molecule has 0 saturated heterocycles. The summed E-state index contributed by atoms with van der Waals surface area (Å²) in [6, 6.07) is -2.80. The van der Waals surface area contributed by atoms with Crippen molar-refractivity contribution in [1.29, 1.82) is 0 Å². The molecule has 0 aromatic heterocycles. The van der Waals surface area contributed by atoms with Gasteiger partial charge in [-0.3, -0.25) is 9.59 Å². The first-order chi connectivity index (χ1) is 9.01. The molecule has 0 spiro atoms. The van der Waals surface area contributed by atoms with Crippen LogP contribution in [0, 0.1) is 0 Å². The van der Waals surface area contributed by atoms with Gasteiger partial charge in [-0.1, -0.05) is 11.6 Å². The van der Waals surface area contributed by atoms with Crippen LogP contribution >= 0.6 is 11.6 Å². The summed E-state index contributed by atoms with van der Waals surface area (Å²) in [5, 5.41) is 8.44. The van der Waals surface area contributed by atoms with Crippen LogP contribution in [0.1, 0.15) is 22.2 Å². The molecule has 1 aromatic carbocycles. The number of carbonyl (C=O) groups excluding carboxylic acids is 1. The number of carboxylic acid groups (broad SMARTS) is 1. The van der Waals surface area contributed by atoms with Crippen molar-refractivity contribution >= 4 is 29.0 Å². The molecule has 6 heteroatoms. The summed E-state index contributed by atoms with van der Waals surface area (Å²) in [7, 11) is 0. The number of benzene rings is 1. The Balaban J connectivity index is 3.33. The van der Waals surface area contributed by atoms with Crippen LogP contribution in [0.15, 0.2) is 18.2 Å². The number of anilines is 1. The van der Waals surface area contributed by atoms with Gasteiger partial charge in [-0.2, -0.15) is 0 Å². The quantitative estimate of drug-likeness (QED) is 0.541. The Hall–Kier alpha value is -1.59. The Morgan fingerprint density at radius 3 is 2.94 bits per heavy atom. The average Bonchev–Trinajstić information content (AvgIpc) is 2.38. The highest BCUT2D eigenvalue weighted by atomic mass is 35.5. The van der Waals surface area contributed by atoms with Crippen molar-refractivity contribution in [3.63, 3.8) is 0 Å². The molecule has 0 aliphatic carbocycles. The second kappa shape index (κ2) is 4.96. The minimum Gasteiger partial charge on any atom is -0.480 e. The van der Waals surface area contributed by atoms with Crippen LogP contribution < -0.4 is 11.5 Å². The van der Waals surface area contributed by atoms with Gasteiger partial charge < -0.3 is 16.6 Å². The zero-order valence-electron chi connectivity index (χ0n) is 12.0. The van der Waals surface area contributed by atoms with Gasteiger partial charge in [0.1, 0.15) is 6.02 Å². The van der Waals surface area contributed by atoms with Crippen LogP contribution in [-0.4, -0.2) is 22.9 Å². The Kier molecular flexibility index (Phi) is 2.37. The van der Waals surface area contributed by atoms with Crippen molar-refractivity contribution in [3.8, 4) is 0 Å². The predicted octanol–water partition coefficient (Wildman–Crippen LogP) is 0.907. The lowest BCUT2D eigenvalue weighted by atomic mass is 10.0. The molecule has 1 aromatic rings. The molecule has 0 amide bonds. The molecule has 2 atom stereocenters. The first-order valence-corrected chi connectivity index (χ1v) is 4.43. The van der Waals surface area contributed by atoms with Crippen LogP contribution in [0.2, 0.25) is 5.02 Å². The summed E-state index contributed by atoms with van der Waals surface area (Å²) >= 11 is 5.61. The third-order valence-electron chi connectivity index (χ3n) is 1.68. The van der Waals surface area contributed by atoms with E-state index in [1.165, 1.54) is 0 Å². The third-order valence-corrected chi connectivity index (χ3v) is 1.88. The molecule has 0 heterocycles. The van der Waals surface area contributed by atoms with Gasteiger partial charge in [-0.15, -0.1) is 0 Å². The van der Waals surface area contributed by atoms with E-state index in [1.54, 1.807) is 0 Å². The van der Waals surface area contributed by atoms with E-state index >= 15 is 0 Å². The fourth-order valence-corrected chi connectivity index (χ4v) is 1.08. The van der Waals surface area contributed by atoms with Crippen molar-refractivity contribution < 1.29 is 20.2 Å². The van der Waals surface area contributed by atoms with Gasteiger partial charge in [0.25, 0.3) is 0 Å². The fraction of sp³-hybridized carbons (Fsp3) is 0.200. The van der Waals surface area contributed by atoms with Gasteiger partial charge in [0.05, 0.1) is 4.11 Å². The van der Waals surface area contributed by atoms with Gasteiger partial charge in [0.2, 0.25) is 0 Å². The number of carbonyl (C=O) groups is 2. The lowest BCUT2D eigenvalue weighted by Gasteiger charge is -2.07. The van der Waals surface area contributed by atoms with Gasteiger partial charge in [0.15, 0.2) is 5.78 Å². The van der Waals surface area contributed by atoms with Crippen LogP contribution in [0.4, 0.5) is 5.69 Å². The number of ketones is 1. The summed E-state index contributed by atoms with van der Waals surface area (Å²) in [6.07, 6.45) is -2.16. The van der Waals surface area contributed by atoms with Crippen molar-refractivity contribution in [2.45, 2.75) is 12.4 Å². The number of hydrogen-bond acceptors (Lipinski definition) is 4. The van der Waals surface area contributed by atoms with E-state index in [-0.39, 0.29) is 11.1 Å². The lowest BCUT2D eigenvalue weighted by Crippen LogP contribution is -2.32. The Labute approximate surface area is 103 Å². The van der Waals surface area contributed by atoms with E-state index in [9.17, 15) is 9.59 Å². The summed E-state index contributed by atoms with van der Waals surface area (Å²) < 4.78 is 29.8. The fourth-order valence-electron chi connectivity index (χ4n) is 0.920. The van der Waals surface area contributed by atoms with E-state index in [2.05, 4.69) is 0 Å². The standard InChI is InChI=1S/C10H11ClN2O3/c11-5-1-2-6(7(12)3-5)9(14)4-8(13)10(15)16/h1-3,8H,4,12-13H2,(H,15,16)/i1D,3D,4D,8D. The molecule has 86 valence electrons. The highest BCUT2D eigenvalue weighted by Crippen LogP contribution is 2.19. The van der Waals surface area contributed by atoms with E-state index in [0.29, 0.717) is 0 Å². The molecule has 0 aliphatic rings. The molecule has 0 aliphatic heterocycles. The largest absolute Gasteiger partial charge is 0.480 e. The highest BCUT2D eigenvalue weighted by molar-refractivity contribution is 6.31. The number of carboxylic acids is 1. The minimum atomic E-state index is -2.87. The molecule has 5 nitrogen and oxygen atoms in total. The summed E-state index contributed by atoms with van der Waals surface area (Å²) in [4.78, 5) is 22.8. The molecular formula is C10H11ClN2O3. The van der Waals surface area contributed by atoms with E-state index < -0.39 is 41.5 Å². The number of halogens is 1. The smallest absolute Gasteiger partial charge is 0.320 e. The molecule has 2 unspecified atom stereocenters. The molecule has 0 fully saturated rings. The maximum Gasteiger partial charge on any atom is 0.320 e. The number of hydrogen-bond donors (Lipinski definition) is 3. The summed E-state index contributed by atoms with van der Waals surface area (Å²) in [5.74, 6) is -3.02. The van der Waals surface area contributed by atoms with Crippen LogP contribution in [0.25, 0.3) is 0 Å². The average molecular weight is 247 g/mol. The normalized spacial score (nSPS) is 19.6. The maximum absolute atomic E-state index is 12.0. The number of nitrogens with two attached hydrogens (primary N) is 2. The van der Waals surface area contributed by atoms with Crippen molar-refractivity contribution in [2.24, 2.45) is 5.73 Å². The zero-order valence-corrected chi connectivity index (χ0v) is 8.71. The SMILES string of the molecule is [2H]c1cc(C(=O)C([2H])C([2H])(N)C(=O)O)c(N)c([2H])c1Cl. The second-order valence-electron chi connectivity index (χ2n) is 2.82. The van der Waals surface area contributed by atoms with Gasteiger partial charge in [-0.05, 0) is 18.2 Å². The second-order valence-corrected chi connectivity index (χ2v) is 3.20. The van der Waals surface area contributed by atoms with E-state index in [1.807, 2.05) is 0 Å². The third kappa shape index (κ3) is 2.95. The molecule has 5 N–H and O–H groups in total. The summed E-state index contributed by atoms with van der Waals surface area (Å²) in [6.45, 7) is 0. The van der Waals surface area contributed by atoms with Crippen LogP contribution in [0.5, 0.6) is 0 Å². The molecule has 0 bridgehead atoms. The Bertz CT molecular complexity index is 594. The van der Waals surface area contributed by atoms with Crippen LogP contribution in [0.3, 0.4) is 0 Å². The number of rotatable bonds is 4. The molecule has 0 saturated carbocycles. The molecule has 0 radical (unpaired) electrons.